The first-order valence-corrected chi connectivity index (χ1v) is 19.9. The van der Waals surface area contributed by atoms with Crippen LogP contribution in [0.15, 0.2) is 71.9 Å². The molecule has 2 heterocycles. The summed E-state index contributed by atoms with van der Waals surface area (Å²) in [5, 5.41) is 35.5. The molecule has 2 aromatic rings. The number of aliphatic hydroxyl groups excluding tert-OH is 2. The standard InChI is InChI=1S/C40H53N3O8S/c1-3-22-49-40-37(52-4-2)26-35(41-50-27-28-11-13-30(14-12-28)43(46)47)33-24-29(9-5-7-20-44)32(10-6-8-21-45)38(39(33)40)34-25-31(15-16-36(34)51-40)48-23-19-42-17-18-42/h3,11-16,24-25,29,32,37-39,44-45H,1,4-10,17-23,26-27H2,2H3/t29-,32+,37-,38+,39+,40+/m0/s1. The summed E-state index contributed by atoms with van der Waals surface area (Å²) in [4.78, 5) is 19.2. The minimum Gasteiger partial charge on any atom is -0.492 e. The third-order valence-electron chi connectivity index (χ3n) is 10.8. The number of fused-ring (bicyclic) bond motifs is 2. The fourth-order valence-electron chi connectivity index (χ4n) is 8.25. The van der Waals surface area contributed by atoms with Gasteiger partial charge in [0.1, 0.15) is 24.7 Å². The van der Waals surface area contributed by atoms with E-state index in [2.05, 4.69) is 30.5 Å². The lowest BCUT2D eigenvalue weighted by molar-refractivity contribution is -0.384. The molecule has 2 aromatic carbocycles. The molecule has 282 valence electrons. The minimum atomic E-state index is -0.997. The first kappa shape index (κ1) is 38.3. The van der Waals surface area contributed by atoms with Crippen molar-refractivity contribution >= 4 is 23.2 Å². The smallest absolute Gasteiger partial charge is 0.269 e. The van der Waals surface area contributed by atoms with Crippen LogP contribution in [0.3, 0.4) is 0 Å². The van der Waals surface area contributed by atoms with Crippen molar-refractivity contribution in [3.05, 3.63) is 88.0 Å². The largest absolute Gasteiger partial charge is 0.492 e. The van der Waals surface area contributed by atoms with Crippen LogP contribution in [-0.4, -0.2) is 88.6 Å². The first-order valence-electron chi connectivity index (χ1n) is 18.8. The van der Waals surface area contributed by atoms with Gasteiger partial charge in [-0.25, -0.2) is 0 Å². The Bertz CT molecular complexity index is 1580. The van der Waals surface area contributed by atoms with Crippen LogP contribution in [0.1, 0.15) is 68.9 Å². The molecule has 0 unspecified atom stereocenters. The van der Waals surface area contributed by atoms with E-state index in [9.17, 15) is 20.3 Å². The topological polar surface area (TPSA) is 136 Å². The molecule has 11 nitrogen and oxygen atoms in total. The van der Waals surface area contributed by atoms with Gasteiger partial charge in [-0.15, -0.1) is 6.58 Å². The molecule has 0 bridgehead atoms. The number of allylic oxidation sites excluding steroid dienone is 1. The summed E-state index contributed by atoms with van der Waals surface area (Å²) in [6.45, 7) is 10.7. The highest BCUT2D eigenvalue weighted by Gasteiger charge is 2.63. The highest BCUT2D eigenvalue weighted by molar-refractivity contribution is 8.00. The van der Waals surface area contributed by atoms with Crippen molar-refractivity contribution in [3.8, 4) is 11.5 Å². The van der Waals surface area contributed by atoms with Gasteiger partial charge in [0.15, 0.2) is 0 Å². The number of hydrogen-bond donors (Lipinski definition) is 2. The quantitative estimate of drug-likeness (QED) is 0.0460. The van der Waals surface area contributed by atoms with Crippen molar-refractivity contribution in [1.29, 1.82) is 0 Å². The van der Waals surface area contributed by atoms with Crippen molar-refractivity contribution in [2.24, 2.45) is 22.9 Å². The summed E-state index contributed by atoms with van der Waals surface area (Å²) < 4.78 is 20.4. The number of ether oxygens (including phenoxy) is 3. The Morgan fingerprint density at radius 3 is 2.58 bits per heavy atom. The van der Waals surface area contributed by atoms with Crippen molar-refractivity contribution in [2.45, 2.75) is 75.4 Å². The highest BCUT2D eigenvalue weighted by Crippen LogP contribution is 2.62. The molecular formula is C40H53N3O8S. The van der Waals surface area contributed by atoms with Crippen molar-refractivity contribution in [2.75, 3.05) is 51.8 Å². The molecule has 12 heteroatoms. The molecule has 2 aliphatic carbocycles. The Kier molecular flexibility index (Phi) is 13.3. The maximum Gasteiger partial charge on any atom is 0.269 e. The van der Waals surface area contributed by atoms with Gasteiger partial charge in [-0.2, -0.15) is 11.8 Å². The number of nitro groups is 1. The fourth-order valence-corrected chi connectivity index (χ4v) is 9.43. The van der Waals surface area contributed by atoms with E-state index >= 15 is 0 Å². The van der Waals surface area contributed by atoms with Crippen LogP contribution in [-0.2, 0) is 16.2 Å². The highest BCUT2D eigenvalue weighted by atomic mass is 32.2. The molecule has 2 N–H and O–H groups in total. The van der Waals surface area contributed by atoms with E-state index in [4.69, 9.17) is 24.2 Å². The number of oxime groups is 1. The van der Waals surface area contributed by atoms with Crippen LogP contribution in [0.2, 0.25) is 0 Å². The first-order chi connectivity index (χ1) is 25.4. The Morgan fingerprint density at radius 1 is 1.12 bits per heavy atom. The average Bonchev–Trinajstić information content (AvgIpc) is 3.98. The number of nitrogens with zero attached hydrogens (tertiary/aromatic N) is 3. The van der Waals surface area contributed by atoms with Gasteiger partial charge < -0.3 is 29.3 Å². The number of non-ortho nitro benzene ring substituents is 1. The predicted octanol–water partition coefficient (Wildman–Crippen LogP) is 6.88. The summed E-state index contributed by atoms with van der Waals surface area (Å²) in [7, 11) is 0. The third-order valence-corrected chi connectivity index (χ3v) is 12.0. The van der Waals surface area contributed by atoms with E-state index in [1.54, 1.807) is 30.0 Å². The molecule has 0 radical (unpaired) electrons. The number of unbranched alkanes of at least 4 members (excludes halogenated alkanes) is 2. The second-order valence-corrected chi connectivity index (χ2v) is 15.6. The van der Waals surface area contributed by atoms with Gasteiger partial charge in [-0.1, -0.05) is 37.1 Å². The van der Waals surface area contributed by atoms with Gasteiger partial charge in [0, 0.05) is 62.9 Å². The van der Waals surface area contributed by atoms with E-state index in [0.717, 1.165) is 97.8 Å². The normalized spacial score (nSPS) is 26.9. The predicted molar refractivity (Wildman–Crippen MR) is 203 cm³/mol. The summed E-state index contributed by atoms with van der Waals surface area (Å²) in [6, 6.07) is 12.6. The Labute approximate surface area is 311 Å². The fraction of sp³-hybridized carbons (Fsp3) is 0.575. The number of nitro benzene ring substituents is 1. The second-order valence-electron chi connectivity index (χ2n) is 14.1. The molecule has 0 aromatic heterocycles. The van der Waals surface area contributed by atoms with Crippen LogP contribution < -0.4 is 9.47 Å². The molecule has 2 fully saturated rings. The van der Waals surface area contributed by atoms with Crippen LogP contribution in [0.4, 0.5) is 5.69 Å². The Hall–Kier alpha value is -3.42. The molecule has 52 heavy (non-hydrogen) atoms. The third kappa shape index (κ3) is 8.68. The van der Waals surface area contributed by atoms with Gasteiger partial charge in [0.25, 0.3) is 5.69 Å². The maximum atomic E-state index is 11.2. The lowest BCUT2D eigenvalue weighted by atomic mass is 9.56. The Balaban J connectivity index is 1.44. The second kappa shape index (κ2) is 18.1. The van der Waals surface area contributed by atoms with Gasteiger partial charge in [0.05, 0.1) is 28.4 Å². The lowest BCUT2D eigenvalue weighted by Gasteiger charge is -2.58. The molecule has 6 rings (SSSR count). The zero-order valence-electron chi connectivity index (χ0n) is 30.2. The van der Waals surface area contributed by atoms with Crippen molar-refractivity contribution in [3.63, 3.8) is 0 Å². The van der Waals surface area contributed by atoms with E-state index < -0.39 is 10.7 Å². The number of benzene rings is 2. The molecule has 0 spiro atoms. The van der Waals surface area contributed by atoms with Gasteiger partial charge in [-0.05, 0) is 84.7 Å². The van der Waals surface area contributed by atoms with E-state index in [1.165, 1.54) is 12.1 Å². The molecule has 1 saturated carbocycles. The number of aliphatic hydroxyl groups is 2. The summed E-state index contributed by atoms with van der Waals surface area (Å²) in [5.74, 6) is 1.68. The molecule has 2 aliphatic heterocycles. The summed E-state index contributed by atoms with van der Waals surface area (Å²) in [6.07, 6.45) is 9.79. The molecule has 6 atom stereocenters. The van der Waals surface area contributed by atoms with Crippen LogP contribution in [0, 0.1) is 27.9 Å². The summed E-state index contributed by atoms with van der Waals surface area (Å²) in [5.41, 5.74) is 3.85. The number of hydrogen-bond acceptors (Lipinski definition) is 11. The van der Waals surface area contributed by atoms with E-state index in [0.29, 0.717) is 19.6 Å². The van der Waals surface area contributed by atoms with Gasteiger partial charge in [0.2, 0.25) is 5.79 Å². The molecule has 0 amide bonds. The SMILES string of the molecule is C=CCO[C@@]12Oc3ccc(OCCN4CC4)cc3[C@H]3[C@H](CCCCO)[C@@H](CCCCO)C=C(C(=NOCc4ccc([N+](=O)[O-])cc4)C[C@@H]1SCC)[C@H]32. The maximum absolute atomic E-state index is 11.2. The zero-order chi connectivity index (χ0) is 36.5. The van der Waals surface area contributed by atoms with Crippen molar-refractivity contribution in [1.82, 2.24) is 4.90 Å². The van der Waals surface area contributed by atoms with Crippen LogP contribution >= 0.6 is 11.8 Å². The van der Waals surface area contributed by atoms with Crippen molar-refractivity contribution < 1.29 is 34.2 Å². The Morgan fingerprint density at radius 2 is 1.88 bits per heavy atom. The van der Waals surface area contributed by atoms with Gasteiger partial charge in [-0.3, -0.25) is 15.0 Å². The average molecular weight is 736 g/mol. The van der Waals surface area contributed by atoms with E-state index in [1.807, 2.05) is 12.1 Å². The molecular weight excluding hydrogens is 683 g/mol. The number of thioether (sulfide) groups is 1. The molecule has 1 saturated heterocycles. The van der Waals surface area contributed by atoms with Crippen LogP contribution in [0.5, 0.6) is 11.5 Å². The van der Waals surface area contributed by atoms with Crippen LogP contribution in [0.25, 0.3) is 0 Å². The monoisotopic (exact) mass is 735 g/mol. The zero-order valence-corrected chi connectivity index (χ0v) is 31.0. The minimum absolute atomic E-state index is 0.00208. The number of rotatable bonds is 21. The van der Waals surface area contributed by atoms with Gasteiger partial charge >= 0.3 is 0 Å². The summed E-state index contributed by atoms with van der Waals surface area (Å²) >= 11 is 1.80. The van der Waals surface area contributed by atoms with E-state index in [-0.39, 0.29) is 54.4 Å². The lowest BCUT2D eigenvalue weighted by Crippen LogP contribution is -2.64. The molecule has 4 aliphatic rings.